The number of piperidine rings is 1. The van der Waals surface area contributed by atoms with Crippen molar-refractivity contribution in [3.05, 3.63) is 64.1 Å². The first-order chi connectivity index (χ1) is 12.8. The second kappa shape index (κ2) is 6.32. The number of benzene rings is 2. The smallest absolute Gasteiger partial charge is 0.326 e. The number of hydrogen-bond donors (Lipinski definition) is 1. The number of nitrogens with zero attached hydrogens (tertiary/aromatic N) is 2. The second-order valence-corrected chi connectivity index (χ2v) is 7.37. The highest BCUT2D eigenvalue weighted by atomic mass is 16.5. The van der Waals surface area contributed by atoms with Crippen molar-refractivity contribution in [3.63, 3.8) is 0 Å². The number of likely N-dealkylation sites (tertiary alicyclic amines) is 1. The first-order valence-electron chi connectivity index (χ1n) is 9.44. The van der Waals surface area contributed by atoms with Crippen LogP contribution in [0, 0.1) is 0 Å². The molecule has 2 aromatic carbocycles. The van der Waals surface area contributed by atoms with E-state index in [1.54, 1.807) is 0 Å². The third-order valence-electron chi connectivity index (χ3n) is 5.71. The molecule has 0 spiro atoms. The van der Waals surface area contributed by atoms with Crippen molar-refractivity contribution in [2.45, 2.75) is 31.8 Å². The maximum Gasteiger partial charge on any atom is 0.326 e. The summed E-state index contributed by atoms with van der Waals surface area (Å²) in [5.74, 6) is 1.05. The van der Waals surface area contributed by atoms with Crippen LogP contribution in [-0.2, 0) is 13.0 Å². The molecule has 134 valence electrons. The topological polar surface area (TPSA) is 50.3 Å². The Bertz CT molecular complexity index is 996. The van der Waals surface area contributed by atoms with Gasteiger partial charge in [0.25, 0.3) is 0 Å². The van der Waals surface area contributed by atoms with Crippen molar-refractivity contribution in [1.82, 2.24) is 14.5 Å². The molecule has 0 unspecified atom stereocenters. The average Bonchev–Trinajstić information content (AvgIpc) is 3.25. The first kappa shape index (κ1) is 15.7. The Hall–Kier alpha value is -2.53. The van der Waals surface area contributed by atoms with Crippen LogP contribution in [-0.4, -0.2) is 34.1 Å². The lowest BCUT2D eigenvalue weighted by molar-refractivity contribution is 0.180. The van der Waals surface area contributed by atoms with Gasteiger partial charge in [0.1, 0.15) is 5.75 Å². The SMILES string of the molecule is O=c1[nH]c2ccccc2n1C1CCN(Cc2ccc3c(c2)CCO3)CC1. The van der Waals surface area contributed by atoms with E-state index >= 15 is 0 Å². The summed E-state index contributed by atoms with van der Waals surface area (Å²) in [6, 6.07) is 14.8. The van der Waals surface area contributed by atoms with E-state index in [0.717, 1.165) is 62.3 Å². The Morgan fingerprint density at radius 3 is 2.85 bits per heavy atom. The van der Waals surface area contributed by atoms with E-state index in [1.165, 1.54) is 11.1 Å². The number of H-pyrrole nitrogens is 1. The summed E-state index contributed by atoms with van der Waals surface area (Å²) < 4.78 is 7.55. The Labute approximate surface area is 152 Å². The molecule has 0 amide bonds. The number of ether oxygens (including phenoxy) is 1. The summed E-state index contributed by atoms with van der Waals surface area (Å²) in [5, 5.41) is 0. The number of para-hydroxylation sites is 2. The van der Waals surface area contributed by atoms with Crippen LogP contribution >= 0.6 is 0 Å². The van der Waals surface area contributed by atoms with Gasteiger partial charge in [0.2, 0.25) is 0 Å². The third kappa shape index (κ3) is 2.72. The Morgan fingerprint density at radius 1 is 1.12 bits per heavy atom. The largest absolute Gasteiger partial charge is 0.493 e. The fourth-order valence-corrected chi connectivity index (χ4v) is 4.37. The zero-order valence-electron chi connectivity index (χ0n) is 14.8. The summed E-state index contributed by atoms with van der Waals surface area (Å²) in [6.45, 7) is 3.82. The van der Waals surface area contributed by atoms with E-state index in [9.17, 15) is 4.79 Å². The van der Waals surface area contributed by atoms with Crippen molar-refractivity contribution in [2.75, 3.05) is 19.7 Å². The van der Waals surface area contributed by atoms with E-state index in [2.05, 4.69) is 28.1 Å². The molecule has 0 radical (unpaired) electrons. The normalized spacial score (nSPS) is 18.2. The lowest BCUT2D eigenvalue weighted by Gasteiger charge is -2.32. The summed E-state index contributed by atoms with van der Waals surface area (Å²) in [7, 11) is 0. The molecule has 0 saturated carbocycles. The van der Waals surface area contributed by atoms with Gasteiger partial charge in [-0.3, -0.25) is 9.47 Å². The molecule has 2 aliphatic heterocycles. The molecule has 5 nitrogen and oxygen atoms in total. The van der Waals surface area contributed by atoms with Crippen LogP contribution in [0.1, 0.15) is 30.0 Å². The molecule has 2 aliphatic rings. The summed E-state index contributed by atoms with van der Waals surface area (Å²) in [6.07, 6.45) is 3.04. The number of nitrogens with one attached hydrogen (secondary N) is 1. The van der Waals surface area contributed by atoms with E-state index < -0.39 is 0 Å². The lowest BCUT2D eigenvalue weighted by atomic mass is 10.0. The zero-order valence-corrected chi connectivity index (χ0v) is 14.8. The van der Waals surface area contributed by atoms with Gasteiger partial charge in [0, 0.05) is 32.1 Å². The van der Waals surface area contributed by atoms with Gasteiger partial charge >= 0.3 is 5.69 Å². The van der Waals surface area contributed by atoms with Gasteiger partial charge in [0.15, 0.2) is 0 Å². The summed E-state index contributed by atoms with van der Waals surface area (Å²) in [5.41, 5.74) is 4.66. The number of fused-ring (bicyclic) bond motifs is 2. The van der Waals surface area contributed by atoms with E-state index in [0.29, 0.717) is 0 Å². The predicted octanol–water partition coefficient (Wildman–Crippen LogP) is 3.10. The fourth-order valence-electron chi connectivity index (χ4n) is 4.37. The van der Waals surface area contributed by atoms with Gasteiger partial charge in [-0.2, -0.15) is 0 Å². The third-order valence-corrected chi connectivity index (χ3v) is 5.71. The van der Waals surface area contributed by atoms with Crippen LogP contribution in [0.5, 0.6) is 5.75 Å². The molecule has 5 rings (SSSR count). The maximum absolute atomic E-state index is 12.4. The minimum atomic E-state index is 0.0169. The molecular weight excluding hydrogens is 326 g/mol. The Kier molecular flexibility index (Phi) is 3.82. The average molecular weight is 349 g/mol. The van der Waals surface area contributed by atoms with Gasteiger partial charge in [-0.1, -0.05) is 24.3 Å². The maximum atomic E-state index is 12.4. The van der Waals surface area contributed by atoms with Gasteiger partial charge < -0.3 is 9.72 Å². The summed E-state index contributed by atoms with van der Waals surface area (Å²) in [4.78, 5) is 17.9. The molecule has 26 heavy (non-hydrogen) atoms. The van der Waals surface area contributed by atoms with Crippen LogP contribution in [0.15, 0.2) is 47.3 Å². The van der Waals surface area contributed by atoms with Gasteiger partial charge in [-0.05, 0) is 42.2 Å². The highest BCUT2D eigenvalue weighted by Crippen LogP contribution is 2.28. The minimum absolute atomic E-state index is 0.0169. The molecule has 1 saturated heterocycles. The highest BCUT2D eigenvalue weighted by Gasteiger charge is 2.24. The van der Waals surface area contributed by atoms with Crippen LogP contribution in [0.4, 0.5) is 0 Å². The molecule has 0 atom stereocenters. The fraction of sp³-hybridized carbons (Fsp3) is 0.381. The highest BCUT2D eigenvalue weighted by molar-refractivity contribution is 5.75. The van der Waals surface area contributed by atoms with E-state index in [4.69, 9.17) is 4.74 Å². The van der Waals surface area contributed by atoms with Crippen LogP contribution in [0.2, 0.25) is 0 Å². The molecule has 3 heterocycles. The van der Waals surface area contributed by atoms with Crippen molar-refractivity contribution < 1.29 is 4.74 Å². The van der Waals surface area contributed by atoms with E-state index in [-0.39, 0.29) is 11.7 Å². The van der Waals surface area contributed by atoms with Crippen molar-refractivity contribution in [2.24, 2.45) is 0 Å². The molecule has 1 aromatic heterocycles. The van der Waals surface area contributed by atoms with Crippen LogP contribution in [0.3, 0.4) is 0 Å². The van der Waals surface area contributed by atoms with Gasteiger partial charge in [-0.15, -0.1) is 0 Å². The first-order valence-corrected chi connectivity index (χ1v) is 9.44. The second-order valence-electron chi connectivity index (χ2n) is 7.37. The standard InChI is InChI=1S/C21H23N3O2/c25-21-22-18-3-1-2-4-19(18)24(21)17-7-10-23(11-8-17)14-15-5-6-20-16(13-15)9-12-26-20/h1-6,13,17H,7-12,14H2,(H,22,25). The van der Waals surface area contributed by atoms with Crippen molar-refractivity contribution in [3.8, 4) is 5.75 Å². The minimum Gasteiger partial charge on any atom is -0.493 e. The number of aromatic amines is 1. The molecule has 5 heteroatoms. The number of hydrogen-bond acceptors (Lipinski definition) is 3. The van der Waals surface area contributed by atoms with Crippen molar-refractivity contribution in [1.29, 1.82) is 0 Å². The summed E-state index contributed by atoms with van der Waals surface area (Å²) >= 11 is 0. The monoisotopic (exact) mass is 349 g/mol. The predicted molar refractivity (Wildman–Crippen MR) is 102 cm³/mol. The molecule has 3 aromatic rings. The van der Waals surface area contributed by atoms with Crippen LogP contribution in [0.25, 0.3) is 11.0 Å². The Morgan fingerprint density at radius 2 is 1.96 bits per heavy atom. The molecule has 1 N–H and O–H groups in total. The van der Waals surface area contributed by atoms with Crippen LogP contribution < -0.4 is 10.4 Å². The molecule has 1 fully saturated rings. The zero-order chi connectivity index (χ0) is 17.5. The molecule has 0 aliphatic carbocycles. The number of rotatable bonds is 3. The van der Waals surface area contributed by atoms with E-state index in [1.807, 2.05) is 28.8 Å². The number of aromatic nitrogens is 2. The molecule has 0 bridgehead atoms. The molecular formula is C21H23N3O2. The Balaban J connectivity index is 1.29. The van der Waals surface area contributed by atoms with Crippen molar-refractivity contribution >= 4 is 11.0 Å². The lowest BCUT2D eigenvalue weighted by Crippen LogP contribution is -2.36. The quantitative estimate of drug-likeness (QED) is 0.790. The van der Waals surface area contributed by atoms with Gasteiger partial charge in [0.05, 0.1) is 17.6 Å². The number of imidazole rings is 1. The van der Waals surface area contributed by atoms with Gasteiger partial charge in [-0.25, -0.2) is 4.79 Å².